The standard InChI is InChI=1S/C39H39Cl2F2N9O5.C2H6/c1-48-34-28(36(54)49(2)37(48)55)32(46-33(47-34)31(42)43)44-24-10-6-8-22(30(24)41)21-7-5-9-23(29(21)40)25-17-20-11-12-26(27(20)35(45-25)57-4)51-14-13-39(18-51)19-52(15-16-53)38(56)50(39)3;1-2/h5-10,17,26,31,53H,11-16,18-19H2,1-4H3,(H,44,46,47);1-2H3. The third-order valence-corrected chi connectivity index (χ3v) is 12.4. The number of hydrogen-bond donors (Lipinski definition) is 2. The molecule has 2 atom stereocenters. The Morgan fingerprint density at radius 3 is 2.36 bits per heavy atom. The molecular formula is C41H45Cl2F2N9O5. The first-order chi connectivity index (χ1) is 28.3. The first-order valence-corrected chi connectivity index (χ1v) is 20.1. The van der Waals surface area contributed by atoms with Crippen LogP contribution >= 0.6 is 23.2 Å². The van der Waals surface area contributed by atoms with Gasteiger partial charge in [-0.1, -0.05) is 67.4 Å². The number of fused-ring (bicyclic) bond motifs is 2. The number of anilines is 2. The zero-order chi connectivity index (χ0) is 42.5. The summed E-state index contributed by atoms with van der Waals surface area (Å²) in [7, 11) is 6.05. The summed E-state index contributed by atoms with van der Waals surface area (Å²) < 4.78 is 35.7. The molecule has 2 saturated heterocycles. The predicted molar refractivity (Wildman–Crippen MR) is 223 cm³/mol. The average Bonchev–Trinajstić information content (AvgIpc) is 3.93. The smallest absolute Gasteiger partial charge is 0.332 e. The average molecular weight is 853 g/mol. The van der Waals surface area contributed by atoms with Crippen LogP contribution in [0.15, 0.2) is 52.1 Å². The second kappa shape index (κ2) is 16.5. The number of hydrogen-bond acceptors (Lipinski definition) is 10. The van der Waals surface area contributed by atoms with Gasteiger partial charge in [-0.25, -0.2) is 33.3 Å². The van der Waals surface area contributed by atoms with Crippen LogP contribution in [0, 0.1) is 0 Å². The quantitative estimate of drug-likeness (QED) is 0.167. The van der Waals surface area contributed by atoms with Crippen molar-refractivity contribution in [2.24, 2.45) is 14.1 Å². The fourth-order valence-electron chi connectivity index (χ4n) is 8.60. The number of nitrogens with zero attached hydrogens (tertiary/aromatic N) is 8. The molecule has 18 heteroatoms. The van der Waals surface area contributed by atoms with Crippen LogP contribution in [-0.4, -0.2) is 102 Å². The number of rotatable bonds is 9. The van der Waals surface area contributed by atoms with Crippen LogP contribution in [0.1, 0.15) is 56.1 Å². The summed E-state index contributed by atoms with van der Waals surface area (Å²) in [6.07, 6.45) is -0.612. The molecule has 2 N–H and O–H groups in total. The first-order valence-electron chi connectivity index (χ1n) is 19.3. The number of carbonyl (C=O) groups is 1. The number of carbonyl (C=O) groups excluding carboxylic acids is 1. The summed E-state index contributed by atoms with van der Waals surface area (Å²) in [6, 6.07) is 12.6. The van der Waals surface area contributed by atoms with Gasteiger partial charge in [-0.3, -0.25) is 18.8 Å². The fraction of sp³-hybridized carbons (Fsp3) is 0.415. The second-order valence-corrected chi connectivity index (χ2v) is 15.4. The van der Waals surface area contributed by atoms with Crippen molar-refractivity contribution >= 4 is 51.8 Å². The summed E-state index contributed by atoms with van der Waals surface area (Å²) in [6.45, 7) is 6.31. The Morgan fingerprint density at radius 1 is 0.966 bits per heavy atom. The highest BCUT2D eigenvalue weighted by Crippen LogP contribution is 2.48. The van der Waals surface area contributed by atoms with Gasteiger partial charge in [-0.15, -0.1) is 0 Å². The third-order valence-electron chi connectivity index (χ3n) is 11.6. The molecule has 1 spiro atoms. The van der Waals surface area contributed by atoms with E-state index in [0.717, 1.165) is 46.1 Å². The number of amides is 2. The predicted octanol–water partition coefficient (Wildman–Crippen LogP) is 6.57. The zero-order valence-electron chi connectivity index (χ0n) is 33.5. The van der Waals surface area contributed by atoms with Gasteiger partial charge < -0.3 is 25.0 Å². The van der Waals surface area contributed by atoms with E-state index in [2.05, 4.69) is 20.2 Å². The molecule has 1 aliphatic carbocycles. The Kier molecular flexibility index (Phi) is 11.7. The molecule has 2 aliphatic heterocycles. The number of β-amino-alcohol motifs (C(OH)–C–C–N with tert-alkyl or cyclic N) is 1. The van der Waals surface area contributed by atoms with E-state index in [-0.39, 0.29) is 51.8 Å². The first kappa shape index (κ1) is 42.0. The van der Waals surface area contributed by atoms with E-state index >= 15 is 0 Å². The Balaban J connectivity index is 0.00000260. The maximum absolute atomic E-state index is 13.9. The largest absolute Gasteiger partial charge is 0.481 e. The van der Waals surface area contributed by atoms with Crippen molar-refractivity contribution in [1.82, 2.24) is 38.8 Å². The lowest BCUT2D eigenvalue weighted by Gasteiger charge is -2.32. The number of ether oxygens (including phenoxy) is 1. The molecule has 5 heterocycles. The Morgan fingerprint density at radius 2 is 1.66 bits per heavy atom. The number of pyridine rings is 1. The number of likely N-dealkylation sites (N-methyl/N-ethyl adjacent to an activating group) is 1. The van der Waals surface area contributed by atoms with E-state index in [9.17, 15) is 28.3 Å². The molecule has 0 bridgehead atoms. The Labute approximate surface area is 349 Å². The van der Waals surface area contributed by atoms with Gasteiger partial charge in [-0.05, 0) is 37.0 Å². The van der Waals surface area contributed by atoms with E-state index in [1.807, 2.05) is 44.0 Å². The van der Waals surface area contributed by atoms with E-state index < -0.39 is 23.5 Å². The molecule has 59 heavy (non-hydrogen) atoms. The molecule has 2 aromatic carbocycles. The van der Waals surface area contributed by atoms with Crippen LogP contribution in [0.3, 0.4) is 0 Å². The number of aromatic nitrogens is 5. The number of benzene rings is 2. The number of aliphatic hydroxyl groups is 1. The second-order valence-electron chi connectivity index (χ2n) is 14.7. The molecule has 14 nitrogen and oxygen atoms in total. The monoisotopic (exact) mass is 851 g/mol. The number of alkyl halides is 2. The minimum absolute atomic E-state index is 0.0518. The lowest BCUT2D eigenvalue weighted by atomic mass is 9.98. The highest BCUT2D eigenvalue weighted by Gasteiger charge is 2.53. The summed E-state index contributed by atoms with van der Waals surface area (Å²) in [5.41, 5.74) is 2.59. The fourth-order valence-corrected chi connectivity index (χ4v) is 9.20. The van der Waals surface area contributed by atoms with Gasteiger partial charge in [0.1, 0.15) is 11.2 Å². The van der Waals surface area contributed by atoms with Gasteiger partial charge in [0.2, 0.25) is 5.88 Å². The molecular weight excluding hydrogens is 807 g/mol. The SMILES string of the molecule is CC.COc1nc(-c2cccc(-c3cccc(Nc4nc(C(F)F)nc5c4c(=O)n(C)c(=O)n5C)c3Cl)c2Cl)cc2c1C(N1CCC3(CN(CCO)C(=O)N3C)C1)CC2. The maximum atomic E-state index is 13.9. The third kappa shape index (κ3) is 7.09. The molecule has 0 radical (unpaired) electrons. The highest BCUT2D eigenvalue weighted by atomic mass is 35.5. The Hall–Kier alpha value is -5.16. The summed E-state index contributed by atoms with van der Waals surface area (Å²) in [4.78, 5) is 57.5. The molecule has 3 aliphatic rings. The topological polar surface area (TPSA) is 151 Å². The van der Waals surface area contributed by atoms with Gasteiger partial charge >= 0.3 is 11.7 Å². The zero-order valence-corrected chi connectivity index (χ0v) is 35.0. The minimum atomic E-state index is -3.09. The maximum Gasteiger partial charge on any atom is 0.332 e. The van der Waals surface area contributed by atoms with Gasteiger partial charge in [0.15, 0.2) is 11.5 Å². The Bertz CT molecular complexity index is 2590. The van der Waals surface area contributed by atoms with Crippen molar-refractivity contribution < 1.29 is 23.4 Å². The van der Waals surface area contributed by atoms with E-state index in [4.69, 9.17) is 32.9 Å². The van der Waals surface area contributed by atoms with Crippen molar-refractivity contribution in [3.63, 3.8) is 0 Å². The summed E-state index contributed by atoms with van der Waals surface area (Å²) in [5.74, 6) is -0.610. The normalized spacial score (nSPS) is 18.9. The minimum Gasteiger partial charge on any atom is -0.481 e. The lowest BCUT2D eigenvalue weighted by molar-refractivity contribution is 0.141. The van der Waals surface area contributed by atoms with E-state index in [1.54, 1.807) is 36.3 Å². The molecule has 312 valence electrons. The molecule has 3 aromatic heterocycles. The lowest BCUT2D eigenvalue weighted by Crippen LogP contribution is -2.47. The molecule has 2 amide bonds. The van der Waals surface area contributed by atoms with Gasteiger partial charge in [0.25, 0.3) is 12.0 Å². The number of likely N-dealkylation sites (tertiary alicyclic amines) is 1. The van der Waals surface area contributed by atoms with Crippen LogP contribution in [0.2, 0.25) is 10.0 Å². The van der Waals surface area contributed by atoms with Gasteiger partial charge in [0.05, 0.1) is 40.7 Å². The summed E-state index contributed by atoms with van der Waals surface area (Å²) in [5, 5.41) is 12.8. The van der Waals surface area contributed by atoms with Gasteiger partial charge in [0, 0.05) is 75.6 Å². The molecule has 2 fully saturated rings. The number of aliphatic hydroxyl groups excluding tert-OH is 1. The number of aryl methyl sites for hydroxylation is 2. The van der Waals surface area contributed by atoms with Gasteiger partial charge in [-0.2, -0.15) is 0 Å². The van der Waals surface area contributed by atoms with Crippen molar-refractivity contribution in [1.29, 1.82) is 0 Å². The molecule has 2 unspecified atom stereocenters. The van der Waals surface area contributed by atoms with Crippen LogP contribution in [0.25, 0.3) is 33.4 Å². The van der Waals surface area contributed by atoms with Crippen LogP contribution in [-0.2, 0) is 20.5 Å². The molecule has 5 aromatic rings. The molecule has 0 saturated carbocycles. The highest BCUT2D eigenvalue weighted by molar-refractivity contribution is 6.39. The van der Waals surface area contributed by atoms with Crippen molar-refractivity contribution in [3.8, 4) is 28.3 Å². The van der Waals surface area contributed by atoms with Crippen molar-refractivity contribution in [2.75, 3.05) is 52.3 Å². The number of nitrogens with one attached hydrogen (secondary N) is 1. The van der Waals surface area contributed by atoms with Crippen LogP contribution in [0.4, 0.5) is 25.1 Å². The number of urea groups is 1. The van der Waals surface area contributed by atoms with Crippen molar-refractivity contribution in [2.45, 2.75) is 51.1 Å². The van der Waals surface area contributed by atoms with Crippen LogP contribution < -0.4 is 21.3 Å². The van der Waals surface area contributed by atoms with E-state index in [0.29, 0.717) is 52.9 Å². The number of methoxy groups -OCH3 is 1. The van der Waals surface area contributed by atoms with Crippen LogP contribution in [0.5, 0.6) is 5.88 Å². The van der Waals surface area contributed by atoms with Crippen molar-refractivity contribution in [3.05, 3.63) is 90.3 Å². The van der Waals surface area contributed by atoms with E-state index in [1.165, 1.54) is 14.1 Å². The number of halogens is 4. The molecule has 8 rings (SSSR count). The summed E-state index contributed by atoms with van der Waals surface area (Å²) >= 11 is 14.2.